The summed E-state index contributed by atoms with van der Waals surface area (Å²) < 4.78 is 73.6. The summed E-state index contributed by atoms with van der Waals surface area (Å²) in [4.78, 5) is 11.3. The van der Waals surface area contributed by atoms with Crippen molar-refractivity contribution in [2.45, 2.75) is 70.5 Å². The van der Waals surface area contributed by atoms with Gasteiger partial charge in [-0.15, -0.1) is 0 Å². The molecule has 0 spiro atoms. The van der Waals surface area contributed by atoms with E-state index in [4.69, 9.17) is 0 Å². The van der Waals surface area contributed by atoms with Crippen molar-refractivity contribution in [3.8, 4) is 0 Å². The van der Waals surface area contributed by atoms with Crippen LogP contribution in [0.4, 0.5) is 27.6 Å². The molecule has 2 aliphatic rings. The van der Waals surface area contributed by atoms with E-state index in [1.165, 1.54) is 24.0 Å². The van der Waals surface area contributed by atoms with E-state index in [1.807, 2.05) is 19.9 Å². The lowest BCUT2D eigenvalue weighted by atomic mass is 9.87. The molecule has 3 aromatic rings. The van der Waals surface area contributed by atoms with Crippen LogP contribution in [0.1, 0.15) is 62.2 Å². The highest BCUT2D eigenvalue weighted by atomic mass is 19.3. The van der Waals surface area contributed by atoms with Gasteiger partial charge in [0.05, 0.1) is 37.0 Å². The molecular weight excluding hydrogens is 513 g/mol. The van der Waals surface area contributed by atoms with Crippen LogP contribution in [0.3, 0.4) is 0 Å². The Morgan fingerprint density at radius 3 is 2.49 bits per heavy atom. The van der Waals surface area contributed by atoms with E-state index in [2.05, 4.69) is 20.2 Å². The first-order valence-electron chi connectivity index (χ1n) is 13.8. The van der Waals surface area contributed by atoms with Crippen molar-refractivity contribution in [3.63, 3.8) is 0 Å². The first kappa shape index (κ1) is 27.8. The van der Waals surface area contributed by atoms with Gasteiger partial charge >= 0.3 is 0 Å². The van der Waals surface area contributed by atoms with Crippen molar-refractivity contribution in [2.75, 3.05) is 38.2 Å². The van der Waals surface area contributed by atoms with E-state index < -0.39 is 30.1 Å². The lowest BCUT2D eigenvalue weighted by Gasteiger charge is -2.42. The SMILES string of the molecule is CCc1cc2c3c([nH]c2cn1)[C@H](c1c(F)cc(NC2CN(CCCF)C2)cc1F)N(CC(F)(F)CC)[C@@H](C)C3. The molecule has 4 heterocycles. The van der Waals surface area contributed by atoms with Gasteiger partial charge in [-0.2, -0.15) is 0 Å². The van der Waals surface area contributed by atoms with Gasteiger partial charge in [0.2, 0.25) is 0 Å². The maximum Gasteiger partial charge on any atom is 0.260 e. The highest BCUT2D eigenvalue weighted by Gasteiger charge is 2.43. The Morgan fingerprint density at radius 2 is 1.85 bits per heavy atom. The fourth-order valence-electron chi connectivity index (χ4n) is 5.92. The maximum absolute atomic E-state index is 15.8. The van der Waals surface area contributed by atoms with Gasteiger partial charge in [0.25, 0.3) is 5.92 Å². The molecule has 2 aliphatic heterocycles. The summed E-state index contributed by atoms with van der Waals surface area (Å²) in [6.07, 6.45) is 3.00. The first-order chi connectivity index (χ1) is 18.6. The summed E-state index contributed by atoms with van der Waals surface area (Å²) in [6.45, 7) is 6.24. The largest absolute Gasteiger partial charge is 0.380 e. The van der Waals surface area contributed by atoms with Gasteiger partial charge in [0.1, 0.15) is 11.6 Å². The number of anilines is 1. The minimum absolute atomic E-state index is 0.00396. The van der Waals surface area contributed by atoms with Crippen molar-refractivity contribution < 1.29 is 22.0 Å². The van der Waals surface area contributed by atoms with Gasteiger partial charge in [-0.05, 0) is 49.9 Å². The second kappa shape index (κ2) is 11.0. The lowest BCUT2D eigenvalue weighted by molar-refractivity contribution is -0.0551. The summed E-state index contributed by atoms with van der Waals surface area (Å²) >= 11 is 0. The minimum Gasteiger partial charge on any atom is -0.380 e. The molecule has 1 saturated heterocycles. The number of rotatable bonds is 10. The molecule has 0 bridgehead atoms. The third kappa shape index (κ3) is 5.50. The number of H-pyrrole nitrogens is 1. The second-order valence-corrected chi connectivity index (χ2v) is 10.9. The molecule has 5 rings (SSSR count). The van der Waals surface area contributed by atoms with Crippen LogP contribution in [0, 0.1) is 11.6 Å². The van der Waals surface area contributed by atoms with Crippen molar-refractivity contribution in [1.82, 2.24) is 19.8 Å². The number of aryl methyl sites for hydroxylation is 1. The van der Waals surface area contributed by atoms with Crippen LogP contribution in [-0.2, 0) is 12.8 Å². The highest BCUT2D eigenvalue weighted by Crippen LogP contribution is 2.44. The second-order valence-electron chi connectivity index (χ2n) is 10.9. The fourth-order valence-corrected chi connectivity index (χ4v) is 5.92. The number of likely N-dealkylation sites (tertiary alicyclic amines) is 1. The predicted molar refractivity (Wildman–Crippen MR) is 143 cm³/mol. The van der Waals surface area contributed by atoms with E-state index in [0.29, 0.717) is 43.9 Å². The Labute approximate surface area is 225 Å². The molecule has 1 fully saturated rings. The third-order valence-electron chi connectivity index (χ3n) is 8.13. The topological polar surface area (TPSA) is 47.2 Å². The fraction of sp³-hybridized carbons (Fsp3) is 0.552. The smallest absolute Gasteiger partial charge is 0.260 e. The standard InChI is InChI=1S/C29H36F5N5/c1-4-18-10-21-22-9-17(3)39(16-29(33,34)5-2)28(27(22)37-25(21)13-35-18)26-23(31)11-19(12-24(26)32)36-20-14-38(15-20)8-6-7-30/h10-13,17,20,28,36-37H,4-9,14-16H2,1-3H3/t17-,28-/m0/s1. The maximum atomic E-state index is 15.8. The predicted octanol–water partition coefficient (Wildman–Crippen LogP) is 6.24. The number of hydrogen-bond acceptors (Lipinski definition) is 4. The Morgan fingerprint density at radius 1 is 1.13 bits per heavy atom. The van der Waals surface area contributed by atoms with Crippen molar-refractivity contribution >= 4 is 16.6 Å². The molecule has 0 saturated carbocycles. The zero-order chi connectivity index (χ0) is 27.9. The number of aromatic nitrogens is 2. The van der Waals surface area contributed by atoms with Gasteiger partial charge in [-0.1, -0.05) is 13.8 Å². The van der Waals surface area contributed by atoms with Crippen LogP contribution in [0.5, 0.6) is 0 Å². The molecule has 0 unspecified atom stereocenters. The summed E-state index contributed by atoms with van der Waals surface area (Å²) in [5, 5.41) is 4.07. The number of fused-ring (bicyclic) bond motifs is 3. The van der Waals surface area contributed by atoms with Crippen LogP contribution in [0.15, 0.2) is 24.4 Å². The Hall–Kier alpha value is -2.72. The summed E-state index contributed by atoms with van der Waals surface area (Å²) in [5.41, 5.74) is 3.09. The van der Waals surface area contributed by atoms with Crippen molar-refractivity contribution in [2.24, 2.45) is 0 Å². The van der Waals surface area contributed by atoms with E-state index in [0.717, 1.165) is 28.6 Å². The van der Waals surface area contributed by atoms with E-state index in [1.54, 1.807) is 6.20 Å². The van der Waals surface area contributed by atoms with Gasteiger partial charge < -0.3 is 10.3 Å². The molecular formula is C29H36F5N5. The molecule has 0 amide bonds. The van der Waals surface area contributed by atoms with E-state index in [9.17, 15) is 13.2 Å². The van der Waals surface area contributed by atoms with Crippen molar-refractivity contribution in [1.29, 1.82) is 0 Å². The molecule has 10 heteroatoms. The highest BCUT2D eigenvalue weighted by molar-refractivity contribution is 5.85. The third-order valence-corrected chi connectivity index (χ3v) is 8.13. The summed E-state index contributed by atoms with van der Waals surface area (Å²) in [5.74, 6) is -4.58. The van der Waals surface area contributed by atoms with Gasteiger partial charge in [0, 0.05) is 60.1 Å². The molecule has 1 aromatic carbocycles. The first-order valence-corrected chi connectivity index (χ1v) is 13.8. The molecule has 2 N–H and O–H groups in total. The van der Waals surface area contributed by atoms with Crippen LogP contribution >= 0.6 is 0 Å². The summed E-state index contributed by atoms with van der Waals surface area (Å²) in [6, 6.07) is 3.05. The molecule has 5 nitrogen and oxygen atoms in total. The average Bonchev–Trinajstić information content (AvgIpc) is 3.23. The summed E-state index contributed by atoms with van der Waals surface area (Å²) in [7, 11) is 0. The average molecular weight is 550 g/mol. The molecule has 39 heavy (non-hydrogen) atoms. The van der Waals surface area contributed by atoms with Gasteiger partial charge in [0.15, 0.2) is 0 Å². The van der Waals surface area contributed by atoms with Crippen LogP contribution in [0.2, 0.25) is 0 Å². The minimum atomic E-state index is -3.01. The molecule has 0 radical (unpaired) electrons. The van der Waals surface area contributed by atoms with Gasteiger partial charge in [-0.25, -0.2) is 17.6 Å². The van der Waals surface area contributed by atoms with Crippen LogP contribution in [0.25, 0.3) is 10.9 Å². The normalized spacial score (nSPS) is 20.8. The number of pyridine rings is 1. The number of aromatic amines is 1. The lowest BCUT2D eigenvalue weighted by Crippen LogP contribution is -2.54. The van der Waals surface area contributed by atoms with Crippen molar-refractivity contribution in [3.05, 3.63) is 58.5 Å². The van der Waals surface area contributed by atoms with E-state index >= 15 is 8.78 Å². The monoisotopic (exact) mass is 549 g/mol. The molecule has 2 aromatic heterocycles. The quantitative estimate of drug-likeness (QED) is 0.294. The number of hydrogen-bond donors (Lipinski definition) is 2. The zero-order valence-electron chi connectivity index (χ0n) is 22.6. The molecule has 2 atom stereocenters. The Kier molecular flexibility index (Phi) is 7.88. The number of nitrogens with one attached hydrogen (secondary N) is 2. The number of nitrogens with zero attached hydrogens (tertiary/aromatic N) is 3. The number of halogens is 5. The molecule has 0 aliphatic carbocycles. The number of alkyl halides is 3. The Bertz CT molecular complexity index is 1300. The van der Waals surface area contributed by atoms with Crippen LogP contribution < -0.4 is 5.32 Å². The van der Waals surface area contributed by atoms with Crippen LogP contribution in [-0.4, -0.2) is 70.6 Å². The Balaban J connectivity index is 1.52. The number of benzene rings is 1. The van der Waals surface area contributed by atoms with E-state index in [-0.39, 0.29) is 30.7 Å². The zero-order valence-corrected chi connectivity index (χ0v) is 22.6. The van der Waals surface area contributed by atoms with Gasteiger partial charge in [-0.3, -0.25) is 19.2 Å². The molecule has 212 valence electrons.